The smallest absolute Gasteiger partial charge is 0.200 e. The van der Waals surface area contributed by atoms with E-state index in [4.69, 9.17) is 14.2 Å². The van der Waals surface area contributed by atoms with Crippen molar-refractivity contribution in [1.29, 1.82) is 0 Å². The van der Waals surface area contributed by atoms with Gasteiger partial charge in [-0.2, -0.15) is 4.39 Å². The van der Waals surface area contributed by atoms with Gasteiger partial charge in [-0.1, -0.05) is 32.3 Å². The van der Waals surface area contributed by atoms with Crippen LogP contribution >= 0.6 is 0 Å². The zero-order valence-corrected chi connectivity index (χ0v) is 15.8. The van der Waals surface area contributed by atoms with Gasteiger partial charge in [0.05, 0.1) is 20.3 Å². The normalized spacial score (nSPS) is 29.5. The first kappa shape index (κ1) is 19.6. The van der Waals surface area contributed by atoms with E-state index in [-0.39, 0.29) is 18.0 Å². The van der Waals surface area contributed by atoms with Crippen molar-refractivity contribution in [3.05, 3.63) is 29.3 Å². The Bertz CT molecular complexity index is 577. The van der Waals surface area contributed by atoms with Crippen molar-refractivity contribution in [2.24, 2.45) is 11.8 Å². The van der Waals surface area contributed by atoms with Crippen LogP contribution in [0.2, 0.25) is 0 Å². The summed E-state index contributed by atoms with van der Waals surface area (Å²) in [6.45, 7) is 3.37. The Kier molecular flexibility index (Phi) is 6.87. The molecular formula is C21H30F2O3. The van der Waals surface area contributed by atoms with E-state index >= 15 is 0 Å². The zero-order valence-electron chi connectivity index (χ0n) is 15.8. The molecule has 2 atom stereocenters. The van der Waals surface area contributed by atoms with E-state index in [9.17, 15) is 8.78 Å². The molecule has 1 aliphatic heterocycles. The molecule has 3 rings (SSSR count). The first-order valence-corrected chi connectivity index (χ1v) is 9.87. The third kappa shape index (κ3) is 4.55. The van der Waals surface area contributed by atoms with E-state index in [2.05, 4.69) is 6.92 Å². The molecule has 0 bridgehead atoms. The molecule has 0 aromatic heterocycles. The van der Waals surface area contributed by atoms with Crippen LogP contribution in [-0.2, 0) is 9.47 Å². The SMILES string of the molecule is CCC1CCC(COC2CCC(c3ccc(OC)c(F)c3F)CO2)CC1. The van der Waals surface area contributed by atoms with E-state index in [1.54, 1.807) is 6.07 Å². The second-order valence-corrected chi connectivity index (χ2v) is 7.65. The van der Waals surface area contributed by atoms with Crippen LogP contribution in [0.25, 0.3) is 0 Å². The van der Waals surface area contributed by atoms with Crippen LogP contribution < -0.4 is 4.74 Å². The highest BCUT2D eigenvalue weighted by molar-refractivity contribution is 5.33. The quantitative estimate of drug-likeness (QED) is 0.670. The maximum Gasteiger partial charge on any atom is 0.200 e. The number of rotatable bonds is 6. The van der Waals surface area contributed by atoms with Gasteiger partial charge in [0.15, 0.2) is 17.9 Å². The Labute approximate surface area is 155 Å². The molecular weight excluding hydrogens is 338 g/mol. The van der Waals surface area contributed by atoms with Gasteiger partial charge >= 0.3 is 0 Å². The summed E-state index contributed by atoms with van der Waals surface area (Å²) in [7, 11) is 1.33. The van der Waals surface area contributed by atoms with E-state index in [0.717, 1.165) is 18.9 Å². The first-order chi connectivity index (χ1) is 12.6. The predicted molar refractivity (Wildman–Crippen MR) is 96.3 cm³/mol. The lowest BCUT2D eigenvalue weighted by molar-refractivity contribution is -0.175. The van der Waals surface area contributed by atoms with Gasteiger partial charge in [-0.05, 0) is 49.1 Å². The molecule has 1 aromatic carbocycles. The molecule has 5 heteroatoms. The summed E-state index contributed by atoms with van der Waals surface area (Å²) in [6.07, 6.45) is 7.59. The van der Waals surface area contributed by atoms with Gasteiger partial charge in [0.1, 0.15) is 0 Å². The molecule has 26 heavy (non-hydrogen) atoms. The second kappa shape index (κ2) is 9.14. The molecule has 146 valence electrons. The fourth-order valence-electron chi connectivity index (χ4n) is 4.17. The highest BCUT2D eigenvalue weighted by Crippen LogP contribution is 2.35. The molecule has 1 aromatic rings. The molecule has 1 aliphatic carbocycles. The first-order valence-electron chi connectivity index (χ1n) is 9.87. The fourth-order valence-corrected chi connectivity index (χ4v) is 4.17. The minimum Gasteiger partial charge on any atom is -0.494 e. The molecule has 0 N–H and O–H groups in total. The maximum absolute atomic E-state index is 14.2. The molecule has 1 heterocycles. The van der Waals surface area contributed by atoms with Crippen molar-refractivity contribution in [3.8, 4) is 5.75 Å². The van der Waals surface area contributed by atoms with Crippen molar-refractivity contribution < 1.29 is 23.0 Å². The largest absolute Gasteiger partial charge is 0.494 e. The monoisotopic (exact) mass is 368 g/mol. The summed E-state index contributed by atoms with van der Waals surface area (Å²) in [5.41, 5.74) is 0.361. The number of hydrogen-bond acceptors (Lipinski definition) is 3. The minimum atomic E-state index is -0.925. The van der Waals surface area contributed by atoms with Crippen LogP contribution in [0, 0.1) is 23.5 Å². The molecule has 2 fully saturated rings. The zero-order chi connectivity index (χ0) is 18.5. The lowest BCUT2D eigenvalue weighted by Crippen LogP contribution is -2.30. The van der Waals surface area contributed by atoms with Crippen LogP contribution in [0.3, 0.4) is 0 Å². The van der Waals surface area contributed by atoms with Gasteiger partial charge in [-0.25, -0.2) is 4.39 Å². The molecule has 3 nitrogen and oxygen atoms in total. The van der Waals surface area contributed by atoms with Gasteiger partial charge in [0.25, 0.3) is 0 Å². The van der Waals surface area contributed by atoms with Crippen molar-refractivity contribution in [3.63, 3.8) is 0 Å². The summed E-state index contributed by atoms with van der Waals surface area (Å²) in [5.74, 6) is -0.446. The molecule has 1 saturated heterocycles. The lowest BCUT2D eigenvalue weighted by atomic mass is 9.81. The van der Waals surface area contributed by atoms with Crippen LogP contribution in [-0.4, -0.2) is 26.6 Å². The predicted octanol–water partition coefficient (Wildman–Crippen LogP) is 5.43. The van der Waals surface area contributed by atoms with Gasteiger partial charge in [0, 0.05) is 5.92 Å². The van der Waals surface area contributed by atoms with Crippen LogP contribution in [0.1, 0.15) is 63.4 Å². The summed E-state index contributed by atoms with van der Waals surface area (Å²) in [6, 6.07) is 3.07. The highest BCUT2D eigenvalue weighted by Gasteiger charge is 2.28. The van der Waals surface area contributed by atoms with E-state index in [1.165, 1.54) is 45.3 Å². The molecule has 0 radical (unpaired) electrons. The molecule has 0 amide bonds. The van der Waals surface area contributed by atoms with E-state index in [0.29, 0.717) is 24.5 Å². The Hall–Kier alpha value is -1.20. The van der Waals surface area contributed by atoms with Crippen LogP contribution in [0.5, 0.6) is 5.75 Å². The maximum atomic E-state index is 14.2. The average Bonchev–Trinajstić information content (AvgIpc) is 2.69. The highest BCUT2D eigenvalue weighted by atomic mass is 19.2. The Balaban J connectivity index is 1.45. The molecule has 0 spiro atoms. The molecule has 2 unspecified atom stereocenters. The van der Waals surface area contributed by atoms with Gasteiger partial charge < -0.3 is 14.2 Å². The van der Waals surface area contributed by atoms with Gasteiger partial charge in [-0.3, -0.25) is 0 Å². The third-order valence-corrected chi connectivity index (χ3v) is 6.03. The Morgan fingerprint density at radius 2 is 1.73 bits per heavy atom. The van der Waals surface area contributed by atoms with Crippen molar-refractivity contribution in [2.45, 2.75) is 64.1 Å². The number of methoxy groups -OCH3 is 1. The van der Waals surface area contributed by atoms with Crippen molar-refractivity contribution >= 4 is 0 Å². The van der Waals surface area contributed by atoms with Gasteiger partial charge in [0.2, 0.25) is 5.82 Å². The van der Waals surface area contributed by atoms with Crippen molar-refractivity contribution in [1.82, 2.24) is 0 Å². The summed E-state index contributed by atoms with van der Waals surface area (Å²) in [4.78, 5) is 0. The Morgan fingerprint density at radius 3 is 2.35 bits per heavy atom. The number of hydrogen-bond donors (Lipinski definition) is 0. The molecule has 1 saturated carbocycles. The standard InChI is InChI=1S/C21H30F2O3/c1-3-14-4-6-15(7-5-14)12-25-19-11-8-16(13-26-19)17-9-10-18(24-2)21(23)20(17)22/h9-10,14-16,19H,3-8,11-13H2,1-2H3. The topological polar surface area (TPSA) is 27.7 Å². The Morgan fingerprint density at radius 1 is 1.00 bits per heavy atom. The lowest BCUT2D eigenvalue weighted by Gasteiger charge is -2.32. The summed E-state index contributed by atoms with van der Waals surface area (Å²) in [5, 5.41) is 0. The van der Waals surface area contributed by atoms with Crippen LogP contribution in [0.15, 0.2) is 12.1 Å². The van der Waals surface area contributed by atoms with E-state index in [1.807, 2.05) is 0 Å². The number of halogens is 2. The summed E-state index contributed by atoms with van der Waals surface area (Å²) < 4.78 is 44.7. The van der Waals surface area contributed by atoms with Crippen LogP contribution in [0.4, 0.5) is 8.78 Å². The second-order valence-electron chi connectivity index (χ2n) is 7.65. The minimum absolute atomic E-state index is 0.0676. The number of benzene rings is 1. The van der Waals surface area contributed by atoms with Gasteiger partial charge in [-0.15, -0.1) is 0 Å². The number of ether oxygens (including phenoxy) is 3. The van der Waals surface area contributed by atoms with E-state index < -0.39 is 11.6 Å². The summed E-state index contributed by atoms with van der Waals surface area (Å²) >= 11 is 0. The molecule has 2 aliphatic rings. The third-order valence-electron chi connectivity index (χ3n) is 6.03. The van der Waals surface area contributed by atoms with Crippen molar-refractivity contribution in [2.75, 3.05) is 20.3 Å². The fraction of sp³-hybridized carbons (Fsp3) is 0.714. The average molecular weight is 368 g/mol.